The Hall–Kier alpha value is -3.48. The van der Waals surface area contributed by atoms with E-state index in [0.717, 1.165) is 23.6 Å². The van der Waals surface area contributed by atoms with Crippen molar-refractivity contribution in [2.45, 2.75) is 6.92 Å². The second kappa shape index (κ2) is 6.44. The molecule has 2 N–H and O–H groups in total. The fraction of sp³-hybridized carbons (Fsp3) is 0.158. The van der Waals surface area contributed by atoms with Crippen LogP contribution in [0, 0.1) is 0 Å². The molecule has 2 aliphatic rings. The Bertz CT molecular complexity index is 947. The summed E-state index contributed by atoms with van der Waals surface area (Å²) in [4.78, 5) is 34.4. The molecule has 1 aromatic carbocycles. The molecule has 3 heterocycles. The van der Waals surface area contributed by atoms with E-state index in [1.165, 1.54) is 13.1 Å². The molecule has 130 valence electrons. The smallest absolute Gasteiger partial charge is 0.222 e. The van der Waals surface area contributed by atoms with Crippen LogP contribution in [-0.2, 0) is 4.79 Å². The fourth-order valence-corrected chi connectivity index (χ4v) is 3.02. The molecule has 0 radical (unpaired) electrons. The van der Waals surface area contributed by atoms with Crippen LogP contribution in [-0.4, -0.2) is 40.5 Å². The maximum absolute atomic E-state index is 12.6. The van der Waals surface area contributed by atoms with Gasteiger partial charge in [-0.3, -0.25) is 14.6 Å². The molecule has 0 unspecified atom stereocenters. The van der Waals surface area contributed by atoms with Crippen molar-refractivity contribution in [1.82, 2.24) is 9.88 Å². The number of allylic oxidation sites excluding steroid dienone is 1. The minimum absolute atomic E-state index is 0.167. The van der Waals surface area contributed by atoms with E-state index in [9.17, 15) is 9.59 Å². The van der Waals surface area contributed by atoms with Gasteiger partial charge >= 0.3 is 0 Å². The van der Waals surface area contributed by atoms with Crippen molar-refractivity contribution in [2.24, 2.45) is 4.99 Å². The molecule has 7 nitrogen and oxygen atoms in total. The minimum Gasteiger partial charge on any atom is -0.341 e. The van der Waals surface area contributed by atoms with Gasteiger partial charge in [0.25, 0.3) is 0 Å². The highest BCUT2D eigenvalue weighted by atomic mass is 16.1. The number of pyridine rings is 1. The summed E-state index contributed by atoms with van der Waals surface area (Å²) >= 11 is 0. The maximum atomic E-state index is 12.6. The number of carbonyl (C=O) groups excluding carboxylic acids is 2. The molecule has 2 aromatic rings. The van der Waals surface area contributed by atoms with E-state index in [0.29, 0.717) is 23.7 Å². The van der Waals surface area contributed by atoms with Crippen LogP contribution in [0.5, 0.6) is 0 Å². The summed E-state index contributed by atoms with van der Waals surface area (Å²) in [6, 6.07) is 11.2. The number of hydrogen-bond donors (Lipinski definition) is 2. The zero-order chi connectivity index (χ0) is 18.1. The summed E-state index contributed by atoms with van der Waals surface area (Å²) in [5.41, 5.74) is 2.42. The molecule has 2 aliphatic heterocycles. The summed E-state index contributed by atoms with van der Waals surface area (Å²) in [6.07, 6.45) is 3.02. The lowest BCUT2D eigenvalue weighted by molar-refractivity contribution is -0.114. The first kappa shape index (κ1) is 16.0. The van der Waals surface area contributed by atoms with Gasteiger partial charge in [0.15, 0.2) is 5.78 Å². The molecule has 0 aliphatic carbocycles. The largest absolute Gasteiger partial charge is 0.341 e. The number of nitrogens with zero attached hydrogens (tertiary/aromatic N) is 3. The fourth-order valence-electron chi connectivity index (χ4n) is 3.02. The van der Waals surface area contributed by atoms with E-state index >= 15 is 0 Å². The van der Waals surface area contributed by atoms with Crippen LogP contribution in [0.15, 0.2) is 59.5 Å². The van der Waals surface area contributed by atoms with Crippen molar-refractivity contribution in [2.75, 3.05) is 23.7 Å². The monoisotopic (exact) mass is 347 g/mol. The van der Waals surface area contributed by atoms with Crippen LogP contribution in [0.4, 0.5) is 11.5 Å². The Labute approximate surface area is 150 Å². The Morgan fingerprint density at radius 3 is 2.85 bits per heavy atom. The summed E-state index contributed by atoms with van der Waals surface area (Å²) in [6.45, 7) is 2.84. The predicted molar refractivity (Wildman–Crippen MR) is 99.1 cm³/mol. The average Bonchev–Trinajstić information content (AvgIpc) is 3.12. The Balaban J connectivity index is 1.61. The highest BCUT2D eigenvalue weighted by Gasteiger charge is 2.29. The summed E-state index contributed by atoms with van der Waals surface area (Å²) in [7, 11) is 0. The Kier molecular flexibility index (Phi) is 3.96. The van der Waals surface area contributed by atoms with Crippen LogP contribution >= 0.6 is 0 Å². The lowest BCUT2D eigenvalue weighted by atomic mass is 10.1. The van der Waals surface area contributed by atoms with Crippen molar-refractivity contribution in [3.05, 3.63) is 65.6 Å². The van der Waals surface area contributed by atoms with Gasteiger partial charge in [0.2, 0.25) is 5.91 Å². The highest BCUT2D eigenvalue weighted by molar-refractivity contribution is 6.10. The van der Waals surface area contributed by atoms with Gasteiger partial charge in [-0.05, 0) is 24.3 Å². The van der Waals surface area contributed by atoms with E-state index in [1.807, 2.05) is 29.2 Å². The maximum Gasteiger partial charge on any atom is 0.222 e. The van der Waals surface area contributed by atoms with E-state index < -0.39 is 0 Å². The topological polar surface area (TPSA) is 86.7 Å². The second-order valence-electron chi connectivity index (χ2n) is 6.03. The molecule has 0 fully saturated rings. The first-order valence-corrected chi connectivity index (χ1v) is 8.30. The molecule has 0 spiro atoms. The standard InChI is InChI=1S/C19H17N5O2/c1-12(25)22-17-7-6-13(11-21-17)16(26)10-18-23-15-5-3-2-4-14(15)19-20-8-9-24(18)19/h2-7,10-11,23H,8-9H2,1H3,(H,21,22,25). The number of ketones is 1. The Morgan fingerprint density at radius 1 is 1.23 bits per heavy atom. The SMILES string of the molecule is CC(=O)Nc1ccc(C(=O)C=C2Nc3ccccc3C3=NCCN23)cn1. The third-order valence-electron chi connectivity index (χ3n) is 4.18. The predicted octanol–water partition coefficient (Wildman–Crippen LogP) is 2.25. The number of carbonyl (C=O) groups is 2. The quantitative estimate of drug-likeness (QED) is 0.657. The lowest BCUT2D eigenvalue weighted by Crippen LogP contribution is -2.36. The number of amides is 1. The molecule has 26 heavy (non-hydrogen) atoms. The van der Waals surface area contributed by atoms with E-state index in [2.05, 4.69) is 20.6 Å². The normalized spacial score (nSPS) is 16.4. The molecule has 0 atom stereocenters. The molecular weight excluding hydrogens is 330 g/mol. The van der Waals surface area contributed by atoms with Gasteiger partial charge in [-0.2, -0.15) is 0 Å². The summed E-state index contributed by atoms with van der Waals surface area (Å²) in [5, 5.41) is 5.89. The molecular formula is C19H17N5O2. The molecule has 1 amide bonds. The van der Waals surface area contributed by atoms with Crippen LogP contribution < -0.4 is 10.6 Å². The van der Waals surface area contributed by atoms with E-state index in [-0.39, 0.29) is 11.7 Å². The number of anilines is 2. The molecule has 7 heteroatoms. The molecule has 0 saturated heterocycles. The van der Waals surface area contributed by atoms with Crippen LogP contribution in [0.25, 0.3) is 0 Å². The number of rotatable bonds is 3. The zero-order valence-corrected chi connectivity index (χ0v) is 14.2. The Morgan fingerprint density at radius 2 is 2.08 bits per heavy atom. The zero-order valence-electron chi connectivity index (χ0n) is 14.2. The van der Waals surface area contributed by atoms with Crippen molar-refractivity contribution >= 4 is 29.0 Å². The molecule has 0 saturated carbocycles. The van der Waals surface area contributed by atoms with Gasteiger partial charge in [0.05, 0.1) is 12.2 Å². The van der Waals surface area contributed by atoms with Gasteiger partial charge in [-0.25, -0.2) is 4.98 Å². The van der Waals surface area contributed by atoms with E-state index in [1.54, 1.807) is 18.2 Å². The number of para-hydroxylation sites is 1. The number of nitrogens with one attached hydrogen (secondary N) is 2. The van der Waals surface area contributed by atoms with E-state index in [4.69, 9.17) is 0 Å². The third-order valence-corrected chi connectivity index (χ3v) is 4.18. The first-order chi connectivity index (χ1) is 12.6. The highest BCUT2D eigenvalue weighted by Crippen LogP contribution is 2.29. The van der Waals surface area contributed by atoms with Crippen LogP contribution in [0.3, 0.4) is 0 Å². The summed E-state index contributed by atoms with van der Waals surface area (Å²) < 4.78 is 0. The average molecular weight is 347 g/mol. The third kappa shape index (κ3) is 2.95. The van der Waals surface area contributed by atoms with Gasteiger partial charge in [-0.15, -0.1) is 0 Å². The van der Waals surface area contributed by atoms with Gasteiger partial charge in [0, 0.05) is 36.9 Å². The van der Waals surface area contributed by atoms with Crippen molar-refractivity contribution < 1.29 is 9.59 Å². The molecule has 4 rings (SSSR count). The van der Waals surface area contributed by atoms with Crippen molar-refractivity contribution in [1.29, 1.82) is 0 Å². The first-order valence-electron chi connectivity index (χ1n) is 8.30. The number of amidine groups is 1. The van der Waals surface area contributed by atoms with Gasteiger partial charge < -0.3 is 15.5 Å². The number of benzene rings is 1. The van der Waals surface area contributed by atoms with Crippen molar-refractivity contribution in [3.63, 3.8) is 0 Å². The van der Waals surface area contributed by atoms with Crippen molar-refractivity contribution in [3.8, 4) is 0 Å². The lowest BCUT2D eigenvalue weighted by Gasteiger charge is -2.31. The van der Waals surface area contributed by atoms with Gasteiger partial charge in [0.1, 0.15) is 17.5 Å². The number of aromatic nitrogens is 1. The minimum atomic E-state index is -0.204. The second-order valence-corrected chi connectivity index (χ2v) is 6.03. The van der Waals surface area contributed by atoms with Gasteiger partial charge in [-0.1, -0.05) is 12.1 Å². The number of aliphatic imine (C=N–C) groups is 1. The molecule has 0 bridgehead atoms. The number of hydrogen-bond acceptors (Lipinski definition) is 6. The molecule has 1 aromatic heterocycles. The summed E-state index contributed by atoms with van der Waals surface area (Å²) in [5.74, 6) is 1.64. The van der Waals surface area contributed by atoms with Crippen LogP contribution in [0.2, 0.25) is 0 Å². The number of fused-ring (bicyclic) bond motifs is 3. The van der Waals surface area contributed by atoms with Crippen LogP contribution in [0.1, 0.15) is 22.8 Å².